The van der Waals surface area contributed by atoms with Crippen molar-refractivity contribution < 1.29 is 4.42 Å². The van der Waals surface area contributed by atoms with E-state index in [1.54, 1.807) is 6.07 Å². The molecular formula is C14H13N3O. The van der Waals surface area contributed by atoms with Gasteiger partial charge in [-0.05, 0) is 29.8 Å². The highest BCUT2D eigenvalue weighted by atomic mass is 16.3. The Morgan fingerprint density at radius 3 is 2.44 bits per heavy atom. The predicted molar refractivity (Wildman–Crippen MR) is 72.1 cm³/mol. The van der Waals surface area contributed by atoms with Crippen molar-refractivity contribution in [2.75, 3.05) is 11.5 Å². The van der Waals surface area contributed by atoms with E-state index >= 15 is 0 Å². The summed E-state index contributed by atoms with van der Waals surface area (Å²) in [5.41, 5.74) is 15.4. The lowest BCUT2D eigenvalue weighted by Crippen LogP contribution is -1.89. The lowest BCUT2D eigenvalue weighted by molar-refractivity contribution is 0.544. The van der Waals surface area contributed by atoms with Crippen molar-refractivity contribution in [3.05, 3.63) is 53.9 Å². The van der Waals surface area contributed by atoms with Gasteiger partial charge in [-0.3, -0.25) is 0 Å². The van der Waals surface area contributed by atoms with E-state index in [0.717, 1.165) is 22.4 Å². The maximum absolute atomic E-state index is 5.70. The van der Waals surface area contributed by atoms with E-state index in [1.807, 2.05) is 36.4 Å². The predicted octanol–water partition coefficient (Wildman–Crippen LogP) is 2.58. The summed E-state index contributed by atoms with van der Waals surface area (Å²) < 4.78 is 5.66. The molecule has 0 atom stereocenters. The van der Waals surface area contributed by atoms with Crippen molar-refractivity contribution >= 4 is 22.5 Å². The standard InChI is InChI=1S/C14H13N3O/c15-10-3-1-9(2-4-10)7-14-17-12-6-5-11(16)8-13(12)18-14/h1-6,8H,7,15-16H2. The normalized spacial score (nSPS) is 10.9. The van der Waals surface area contributed by atoms with Crippen LogP contribution in [0.3, 0.4) is 0 Å². The van der Waals surface area contributed by atoms with E-state index in [9.17, 15) is 0 Å². The zero-order chi connectivity index (χ0) is 12.5. The van der Waals surface area contributed by atoms with Crippen LogP contribution in [0.25, 0.3) is 11.1 Å². The minimum Gasteiger partial charge on any atom is -0.440 e. The molecule has 2 aromatic carbocycles. The third-order valence-corrected chi connectivity index (χ3v) is 2.79. The van der Waals surface area contributed by atoms with Crippen LogP contribution in [0.2, 0.25) is 0 Å². The molecule has 1 heterocycles. The van der Waals surface area contributed by atoms with Crippen molar-refractivity contribution in [1.29, 1.82) is 0 Å². The summed E-state index contributed by atoms with van der Waals surface area (Å²) in [7, 11) is 0. The van der Waals surface area contributed by atoms with E-state index in [1.165, 1.54) is 0 Å². The first-order valence-corrected chi connectivity index (χ1v) is 5.70. The number of hydrogen-bond acceptors (Lipinski definition) is 4. The van der Waals surface area contributed by atoms with Crippen molar-refractivity contribution in [2.24, 2.45) is 0 Å². The highest BCUT2D eigenvalue weighted by Crippen LogP contribution is 2.20. The average Bonchev–Trinajstić information content (AvgIpc) is 2.73. The average molecular weight is 239 g/mol. The molecule has 18 heavy (non-hydrogen) atoms. The second kappa shape index (κ2) is 4.07. The summed E-state index contributed by atoms with van der Waals surface area (Å²) in [5.74, 6) is 0.681. The van der Waals surface area contributed by atoms with Crippen LogP contribution in [-0.2, 0) is 6.42 Å². The van der Waals surface area contributed by atoms with Gasteiger partial charge in [0.2, 0.25) is 0 Å². The fourth-order valence-electron chi connectivity index (χ4n) is 1.87. The van der Waals surface area contributed by atoms with Crippen molar-refractivity contribution in [1.82, 2.24) is 4.98 Å². The Hall–Kier alpha value is -2.49. The second-order valence-corrected chi connectivity index (χ2v) is 4.25. The Morgan fingerprint density at radius 1 is 0.944 bits per heavy atom. The lowest BCUT2D eigenvalue weighted by atomic mass is 10.1. The van der Waals surface area contributed by atoms with Crippen LogP contribution in [0, 0.1) is 0 Å². The quantitative estimate of drug-likeness (QED) is 0.674. The summed E-state index contributed by atoms with van der Waals surface area (Å²) in [4.78, 5) is 4.42. The van der Waals surface area contributed by atoms with Crippen LogP contribution in [0.4, 0.5) is 11.4 Å². The third kappa shape index (κ3) is 2.00. The van der Waals surface area contributed by atoms with Gasteiger partial charge in [0.25, 0.3) is 0 Å². The van der Waals surface area contributed by atoms with E-state index < -0.39 is 0 Å². The first-order chi connectivity index (χ1) is 8.70. The van der Waals surface area contributed by atoms with Crippen LogP contribution in [-0.4, -0.2) is 4.98 Å². The van der Waals surface area contributed by atoms with Crippen molar-refractivity contribution in [3.63, 3.8) is 0 Å². The Balaban J connectivity index is 1.92. The van der Waals surface area contributed by atoms with Crippen molar-refractivity contribution in [3.8, 4) is 0 Å². The molecule has 90 valence electrons. The smallest absolute Gasteiger partial charge is 0.199 e. The monoisotopic (exact) mass is 239 g/mol. The molecular weight excluding hydrogens is 226 g/mol. The molecule has 0 aliphatic carbocycles. The largest absolute Gasteiger partial charge is 0.440 e. The van der Waals surface area contributed by atoms with Gasteiger partial charge in [0.05, 0.1) is 0 Å². The lowest BCUT2D eigenvalue weighted by Gasteiger charge is -1.97. The molecule has 0 aliphatic heterocycles. The molecule has 0 radical (unpaired) electrons. The molecule has 4 nitrogen and oxygen atoms in total. The number of benzene rings is 2. The Labute approximate surface area is 104 Å². The maximum Gasteiger partial charge on any atom is 0.199 e. The zero-order valence-electron chi connectivity index (χ0n) is 9.76. The van der Waals surface area contributed by atoms with Crippen molar-refractivity contribution in [2.45, 2.75) is 6.42 Å². The molecule has 0 unspecified atom stereocenters. The van der Waals surface area contributed by atoms with Crippen LogP contribution < -0.4 is 11.5 Å². The summed E-state index contributed by atoms with van der Waals surface area (Å²) in [6.45, 7) is 0. The first-order valence-electron chi connectivity index (χ1n) is 5.70. The molecule has 0 amide bonds. The third-order valence-electron chi connectivity index (χ3n) is 2.79. The van der Waals surface area contributed by atoms with Crippen LogP contribution in [0.15, 0.2) is 46.9 Å². The van der Waals surface area contributed by atoms with Gasteiger partial charge in [-0.1, -0.05) is 12.1 Å². The summed E-state index contributed by atoms with van der Waals surface area (Å²) in [5, 5.41) is 0. The summed E-state index contributed by atoms with van der Waals surface area (Å²) >= 11 is 0. The van der Waals surface area contributed by atoms with E-state index in [0.29, 0.717) is 18.0 Å². The van der Waals surface area contributed by atoms with Gasteiger partial charge in [0, 0.05) is 23.9 Å². The summed E-state index contributed by atoms with van der Waals surface area (Å²) in [6, 6.07) is 13.1. The highest BCUT2D eigenvalue weighted by Gasteiger charge is 2.06. The molecule has 0 fully saturated rings. The molecule has 0 saturated heterocycles. The topological polar surface area (TPSA) is 78.1 Å². The Kier molecular flexibility index (Phi) is 2.41. The number of nitrogens with two attached hydrogens (primary N) is 2. The molecule has 1 aromatic heterocycles. The van der Waals surface area contributed by atoms with Gasteiger partial charge in [-0.25, -0.2) is 4.98 Å². The Bertz CT molecular complexity index is 686. The number of fused-ring (bicyclic) bond motifs is 1. The van der Waals surface area contributed by atoms with E-state index in [2.05, 4.69) is 4.98 Å². The number of anilines is 2. The molecule has 0 saturated carbocycles. The Morgan fingerprint density at radius 2 is 1.67 bits per heavy atom. The van der Waals surface area contributed by atoms with Gasteiger partial charge in [0.15, 0.2) is 11.5 Å². The minimum atomic E-state index is 0.648. The van der Waals surface area contributed by atoms with E-state index in [-0.39, 0.29) is 0 Å². The maximum atomic E-state index is 5.70. The molecule has 4 N–H and O–H groups in total. The molecule has 0 bridgehead atoms. The molecule has 3 aromatic rings. The van der Waals surface area contributed by atoms with Gasteiger partial charge >= 0.3 is 0 Å². The molecule has 0 spiro atoms. The number of hydrogen-bond donors (Lipinski definition) is 2. The van der Waals surface area contributed by atoms with Gasteiger partial charge in [0.1, 0.15) is 5.52 Å². The van der Waals surface area contributed by atoms with Crippen LogP contribution in [0.1, 0.15) is 11.5 Å². The fraction of sp³-hybridized carbons (Fsp3) is 0.0714. The van der Waals surface area contributed by atoms with E-state index in [4.69, 9.17) is 15.9 Å². The van der Waals surface area contributed by atoms with Crippen LogP contribution in [0.5, 0.6) is 0 Å². The molecule has 0 aliphatic rings. The molecule has 4 heteroatoms. The highest BCUT2D eigenvalue weighted by molar-refractivity contribution is 5.76. The number of nitrogens with zero attached hydrogens (tertiary/aromatic N) is 1. The number of nitrogen functional groups attached to an aromatic ring is 2. The number of rotatable bonds is 2. The second-order valence-electron chi connectivity index (χ2n) is 4.25. The van der Waals surface area contributed by atoms with Gasteiger partial charge in [-0.2, -0.15) is 0 Å². The number of oxazole rings is 1. The SMILES string of the molecule is Nc1ccc(Cc2nc3ccc(N)cc3o2)cc1. The zero-order valence-corrected chi connectivity index (χ0v) is 9.76. The number of aromatic nitrogens is 1. The minimum absolute atomic E-state index is 0.648. The van der Waals surface area contributed by atoms with Gasteiger partial charge < -0.3 is 15.9 Å². The van der Waals surface area contributed by atoms with Gasteiger partial charge in [-0.15, -0.1) is 0 Å². The summed E-state index contributed by atoms with van der Waals surface area (Å²) in [6.07, 6.45) is 0.648. The molecule has 3 rings (SSSR count). The fourth-order valence-corrected chi connectivity index (χ4v) is 1.87. The van der Waals surface area contributed by atoms with Crippen LogP contribution >= 0.6 is 0 Å². The first kappa shape index (κ1) is 10.7.